The van der Waals surface area contributed by atoms with Crippen molar-refractivity contribution in [1.82, 2.24) is 4.90 Å². The maximum absolute atomic E-state index is 14.1. The monoisotopic (exact) mass is 415 g/mol. The van der Waals surface area contributed by atoms with Gasteiger partial charge in [-0.25, -0.2) is 4.39 Å². The molecule has 0 fully saturated rings. The van der Waals surface area contributed by atoms with Crippen LogP contribution in [0.1, 0.15) is 34.3 Å². The summed E-state index contributed by atoms with van der Waals surface area (Å²) in [7, 11) is 1.49. The van der Waals surface area contributed by atoms with Crippen LogP contribution in [0.3, 0.4) is 0 Å². The molecule has 2 amide bonds. The van der Waals surface area contributed by atoms with E-state index >= 15 is 0 Å². The number of amides is 2. The number of hydrogen-bond donors (Lipinski definition) is 3. The van der Waals surface area contributed by atoms with Crippen molar-refractivity contribution in [1.29, 1.82) is 0 Å². The Balaban J connectivity index is 1.81. The largest absolute Gasteiger partial charge is 0.497 e. The second kappa shape index (κ2) is 8.81. The number of nitrogens with zero attached hydrogens (tertiary/aromatic N) is 1. The van der Waals surface area contributed by atoms with E-state index in [1.54, 1.807) is 24.3 Å². The van der Waals surface area contributed by atoms with Crippen LogP contribution >= 0.6 is 0 Å². The molecule has 0 aliphatic carbocycles. The molecule has 4 N–H and O–H groups in total. The number of fused-ring (bicyclic) bond motifs is 1. The summed E-state index contributed by atoms with van der Waals surface area (Å²) in [6.07, 6.45) is -0.351. The Kier molecular flexibility index (Phi) is 6.20. The summed E-state index contributed by atoms with van der Waals surface area (Å²) in [6.45, 7) is 0.261. The molecular formula is C21H22FN3O5. The summed E-state index contributed by atoms with van der Waals surface area (Å²) in [5, 5.41) is 12.0. The Morgan fingerprint density at radius 2 is 2.10 bits per heavy atom. The number of halogens is 1. The summed E-state index contributed by atoms with van der Waals surface area (Å²) in [4.78, 5) is 36.8. The molecule has 2 aromatic carbocycles. The SMILES string of the molecule is COc1ccc(F)c(CNc2cccc3c2CN([C@@H](CCC(=O)O)C(N)=O)C3=O)c1. The number of carbonyl (C=O) groups excluding carboxylic acids is 2. The zero-order valence-electron chi connectivity index (χ0n) is 16.4. The highest BCUT2D eigenvalue weighted by Gasteiger charge is 2.36. The Morgan fingerprint density at radius 1 is 1.33 bits per heavy atom. The van der Waals surface area contributed by atoms with Crippen LogP contribution in [-0.2, 0) is 22.7 Å². The summed E-state index contributed by atoms with van der Waals surface area (Å²) < 4.78 is 19.2. The van der Waals surface area contributed by atoms with E-state index in [2.05, 4.69) is 5.32 Å². The topological polar surface area (TPSA) is 122 Å². The predicted octanol–water partition coefficient (Wildman–Crippen LogP) is 2.12. The van der Waals surface area contributed by atoms with Crippen molar-refractivity contribution in [3.63, 3.8) is 0 Å². The first kappa shape index (κ1) is 21.1. The van der Waals surface area contributed by atoms with Crippen LogP contribution in [0.5, 0.6) is 5.75 Å². The predicted molar refractivity (Wildman–Crippen MR) is 106 cm³/mol. The third-order valence-electron chi connectivity index (χ3n) is 5.05. The third-order valence-corrected chi connectivity index (χ3v) is 5.05. The van der Waals surface area contributed by atoms with Gasteiger partial charge < -0.3 is 25.8 Å². The number of carboxylic acids is 1. The van der Waals surface area contributed by atoms with Crippen LogP contribution in [0.2, 0.25) is 0 Å². The summed E-state index contributed by atoms with van der Waals surface area (Å²) in [5.74, 6) is -2.10. The Morgan fingerprint density at radius 3 is 2.77 bits per heavy atom. The minimum atomic E-state index is -1.08. The number of nitrogens with one attached hydrogen (secondary N) is 1. The van der Waals surface area contributed by atoms with E-state index in [0.29, 0.717) is 28.1 Å². The number of aliphatic carboxylic acids is 1. The van der Waals surface area contributed by atoms with E-state index in [4.69, 9.17) is 15.6 Å². The fourth-order valence-corrected chi connectivity index (χ4v) is 3.49. The molecule has 1 aliphatic heterocycles. The molecule has 158 valence electrons. The Bertz CT molecular complexity index is 995. The molecule has 9 heteroatoms. The number of carbonyl (C=O) groups is 3. The maximum atomic E-state index is 14.1. The number of benzene rings is 2. The van der Waals surface area contributed by atoms with Gasteiger partial charge in [-0.05, 0) is 36.8 Å². The average Bonchev–Trinajstić information content (AvgIpc) is 3.04. The van der Waals surface area contributed by atoms with Gasteiger partial charge in [0.2, 0.25) is 5.91 Å². The van der Waals surface area contributed by atoms with Crippen LogP contribution in [-0.4, -0.2) is 40.9 Å². The molecule has 0 bridgehead atoms. The molecule has 1 atom stereocenters. The lowest BCUT2D eigenvalue weighted by Gasteiger charge is -2.24. The third kappa shape index (κ3) is 4.35. The smallest absolute Gasteiger partial charge is 0.303 e. The van der Waals surface area contributed by atoms with Gasteiger partial charge in [0.05, 0.1) is 7.11 Å². The molecule has 1 heterocycles. The first-order chi connectivity index (χ1) is 14.3. The number of methoxy groups -OCH3 is 1. The van der Waals surface area contributed by atoms with Crippen molar-refractivity contribution in [3.8, 4) is 5.75 Å². The fraction of sp³-hybridized carbons (Fsp3) is 0.286. The molecule has 1 aliphatic rings. The number of ether oxygens (including phenoxy) is 1. The molecule has 8 nitrogen and oxygen atoms in total. The first-order valence-electron chi connectivity index (χ1n) is 9.32. The first-order valence-corrected chi connectivity index (χ1v) is 9.32. The normalized spacial score (nSPS) is 13.7. The lowest BCUT2D eigenvalue weighted by Crippen LogP contribution is -2.45. The van der Waals surface area contributed by atoms with Gasteiger partial charge in [-0.3, -0.25) is 14.4 Å². The average molecular weight is 415 g/mol. The minimum absolute atomic E-state index is 0.0673. The highest BCUT2D eigenvalue weighted by molar-refractivity contribution is 6.02. The van der Waals surface area contributed by atoms with Gasteiger partial charge in [0.25, 0.3) is 5.91 Å². The van der Waals surface area contributed by atoms with Gasteiger partial charge in [0.1, 0.15) is 17.6 Å². The highest BCUT2D eigenvalue weighted by Crippen LogP contribution is 2.32. The van der Waals surface area contributed by atoms with Crippen LogP contribution in [0.25, 0.3) is 0 Å². The minimum Gasteiger partial charge on any atom is -0.497 e. The van der Waals surface area contributed by atoms with Gasteiger partial charge >= 0.3 is 5.97 Å². The van der Waals surface area contributed by atoms with Gasteiger partial charge in [0, 0.05) is 41.9 Å². The fourth-order valence-electron chi connectivity index (χ4n) is 3.49. The number of primary amides is 1. The van der Waals surface area contributed by atoms with Gasteiger partial charge in [-0.15, -0.1) is 0 Å². The quantitative estimate of drug-likeness (QED) is 0.577. The van der Waals surface area contributed by atoms with E-state index < -0.39 is 29.6 Å². The lowest BCUT2D eigenvalue weighted by molar-refractivity contribution is -0.137. The summed E-state index contributed by atoms with van der Waals surface area (Å²) >= 11 is 0. The van der Waals surface area contributed by atoms with E-state index in [1.165, 1.54) is 24.1 Å². The van der Waals surface area contributed by atoms with Gasteiger partial charge in [-0.2, -0.15) is 0 Å². The standard InChI is InChI=1S/C21H22FN3O5/c1-30-13-5-6-16(22)12(9-13)10-24-17-4-2-3-14-15(17)11-25(21(14)29)18(20(23)28)7-8-19(26)27/h2-6,9,18,24H,7-8,10-11H2,1H3,(H2,23,28)(H,26,27)/t18-/m0/s1. The second-order valence-corrected chi connectivity index (χ2v) is 6.93. The van der Waals surface area contributed by atoms with E-state index in [0.717, 1.165) is 0 Å². The summed E-state index contributed by atoms with van der Waals surface area (Å²) in [5.41, 5.74) is 7.47. The molecule has 3 rings (SSSR count). The Hall–Kier alpha value is -3.62. The van der Waals surface area contributed by atoms with Crippen LogP contribution in [0.15, 0.2) is 36.4 Å². The van der Waals surface area contributed by atoms with Crippen molar-refractivity contribution >= 4 is 23.5 Å². The molecular weight excluding hydrogens is 393 g/mol. The van der Waals surface area contributed by atoms with Gasteiger partial charge in [-0.1, -0.05) is 6.07 Å². The van der Waals surface area contributed by atoms with E-state index in [9.17, 15) is 18.8 Å². The van der Waals surface area contributed by atoms with Crippen molar-refractivity contribution in [2.45, 2.75) is 32.0 Å². The Labute approximate surface area is 172 Å². The number of hydrogen-bond acceptors (Lipinski definition) is 5. The van der Waals surface area contributed by atoms with Crippen molar-refractivity contribution in [2.24, 2.45) is 5.73 Å². The zero-order valence-corrected chi connectivity index (χ0v) is 16.4. The van der Waals surface area contributed by atoms with Crippen molar-refractivity contribution < 1.29 is 28.6 Å². The van der Waals surface area contributed by atoms with Crippen LogP contribution in [0.4, 0.5) is 10.1 Å². The molecule has 0 saturated heterocycles. The van der Waals surface area contributed by atoms with Crippen LogP contribution < -0.4 is 15.8 Å². The van der Waals surface area contributed by atoms with E-state index in [1.807, 2.05) is 0 Å². The molecule has 2 aromatic rings. The zero-order chi connectivity index (χ0) is 21.8. The van der Waals surface area contributed by atoms with E-state index in [-0.39, 0.29) is 25.9 Å². The number of nitrogens with two attached hydrogens (primary N) is 1. The van der Waals surface area contributed by atoms with Gasteiger partial charge in [0.15, 0.2) is 0 Å². The number of carboxylic acid groups (broad SMARTS) is 1. The maximum Gasteiger partial charge on any atom is 0.303 e. The molecule has 30 heavy (non-hydrogen) atoms. The lowest BCUT2D eigenvalue weighted by atomic mass is 10.1. The second-order valence-electron chi connectivity index (χ2n) is 6.93. The molecule has 0 radical (unpaired) electrons. The molecule has 0 saturated carbocycles. The van der Waals surface area contributed by atoms with Crippen molar-refractivity contribution in [2.75, 3.05) is 12.4 Å². The highest BCUT2D eigenvalue weighted by atomic mass is 19.1. The van der Waals surface area contributed by atoms with Crippen molar-refractivity contribution in [3.05, 3.63) is 58.9 Å². The summed E-state index contributed by atoms with van der Waals surface area (Å²) in [6, 6.07) is 8.46. The number of anilines is 1. The molecule has 0 aromatic heterocycles. The number of rotatable bonds is 9. The molecule has 0 unspecified atom stereocenters. The molecule has 0 spiro atoms. The van der Waals surface area contributed by atoms with Crippen LogP contribution in [0, 0.1) is 5.82 Å².